The molecule has 0 unspecified atom stereocenters. The highest BCUT2D eigenvalue weighted by atomic mass is 35.5. The number of aliphatic hydroxyl groups is 1. The number of Topliss-reactive ketones (excluding diaryl/α,β-unsaturated/α-hetero) is 1. The maximum atomic E-state index is 13.7. The second-order valence-corrected chi connectivity index (χ2v) is 9.28. The first kappa shape index (κ1) is 24.4. The largest absolute Gasteiger partial charge is 0.503 e. The van der Waals surface area contributed by atoms with Crippen molar-refractivity contribution in [3.63, 3.8) is 0 Å². The molecule has 2 aromatic carbocycles. The second-order valence-electron chi connectivity index (χ2n) is 8.84. The number of ketones is 1. The number of morpholine rings is 1. The highest BCUT2D eigenvalue weighted by Crippen LogP contribution is 2.40. The SMILES string of the molecule is COc1cccc2cc(C(=O)C3=C(O)C(=O)N(CCCN4CCOCC4)[C@H]3c3ccc(Cl)cc3)oc12. The molecule has 0 spiro atoms. The molecule has 1 aromatic heterocycles. The van der Waals surface area contributed by atoms with Crippen molar-refractivity contribution >= 4 is 34.3 Å². The first-order chi connectivity index (χ1) is 17.5. The number of ether oxygens (including phenoxy) is 2. The quantitative estimate of drug-likeness (QED) is 0.449. The Kier molecular flexibility index (Phi) is 7.00. The lowest BCUT2D eigenvalue weighted by Gasteiger charge is -2.30. The molecule has 5 rings (SSSR count). The number of methoxy groups -OCH3 is 1. The maximum absolute atomic E-state index is 13.7. The van der Waals surface area contributed by atoms with E-state index in [1.807, 2.05) is 0 Å². The van der Waals surface area contributed by atoms with Crippen molar-refractivity contribution in [1.82, 2.24) is 9.80 Å². The lowest BCUT2D eigenvalue weighted by Crippen LogP contribution is -2.39. The van der Waals surface area contributed by atoms with E-state index in [1.54, 1.807) is 53.4 Å². The number of hydrogen-bond acceptors (Lipinski definition) is 7. The van der Waals surface area contributed by atoms with Crippen LogP contribution in [0.2, 0.25) is 5.02 Å². The predicted octanol–water partition coefficient (Wildman–Crippen LogP) is 4.40. The Bertz CT molecular complexity index is 1310. The lowest BCUT2D eigenvalue weighted by atomic mass is 9.95. The number of hydrogen-bond donors (Lipinski definition) is 1. The first-order valence-electron chi connectivity index (χ1n) is 11.9. The van der Waals surface area contributed by atoms with Gasteiger partial charge in [-0.2, -0.15) is 0 Å². The third kappa shape index (κ3) is 4.59. The fraction of sp³-hybridized carbons (Fsp3) is 0.333. The summed E-state index contributed by atoms with van der Waals surface area (Å²) in [5.41, 5.74) is 1.10. The van der Waals surface area contributed by atoms with E-state index in [2.05, 4.69) is 4.90 Å². The van der Waals surface area contributed by atoms with Crippen LogP contribution < -0.4 is 4.74 Å². The minimum absolute atomic E-state index is 0.00767. The van der Waals surface area contributed by atoms with E-state index < -0.39 is 23.5 Å². The van der Waals surface area contributed by atoms with Gasteiger partial charge in [0.1, 0.15) is 0 Å². The van der Waals surface area contributed by atoms with Crippen molar-refractivity contribution in [3.8, 4) is 5.75 Å². The van der Waals surface area contributed by atoms with E-state index in [-0.39, 0.29) is 11.3 Å². The predicted molar refractivity (Wildman–Crippen MR) is 135 cm³/mol. The molecule has 1 saturated heterocycles. The Labute approximate surface area is 213 Å². The van der Waals surface area contributed by atoms with Crippen LogP contribution in [0.5, 0.6) is 5.75 Å². The molecule has 2 aliphatic rings. The summed E-state index contributed by atoms with van der Waals surface area (Å²) < 4.78 is 16.6. The molecule has 0 saturated carbocycles. The Balaban J connectivity index is 1.46. The minimum atomic E-state index is -0.762. The van der Waals surface area contributed by atoms with Crippen molar-refractivity contribution in [2.24, 2.45) is 0 Å². The van der Waals surface area contributed by atoms with Gasteiger partial charge in [0.25, 0.3) is 5.91 Å². The van der Waals surface area contributed by atoms with Crippen LogP contribution in [-0.2, 0) is 9.53 Å². The van der Waals surface area contributed by atoms with Gasteiger partial charge in [0, 0.05) is 36.6 Å². The van der Waals surface area contributed by atoms with Gasteiger partial charge in [0.2, 0.25) is 5.78 Å². The molecule has 0 bridgehead atoms. The number of nitrogens with zero attached hydrogens (tertiary/aromatic N) is 2. The molecule has 0 radical (unpaired) electrons. The van der Waals surface area contributed by atoms with E-state index in [1.165, 1.54) is 7.11 Å². The summed E-state index contributed by atoms with van der Waals surface area (Å²) in [5.74, 6) is -1.16. The number of para-hydroxylation sites is 1. The molecular formula is C27H27ClN2O6. The molecular weight excluding hydrogens is 484 g/mol. The van der Waals surface area contributed by atoms with E-state index in [9.17, 15) is 14.7 Å². The molecule has 8 nitrogen and oxygen atoms in total. The Morgan fingerprint density at radius 3 is 2.61 bits per heavy atom. The van der Waals surface area contributed by atoms with Crippen LogP contribution in [0.1, 0.15) is 28.6 Å². The summed E-state index contributed by atoms with van der Waals surface area (Å²) in [5, 5.41) is 12.1. The van der Waals surface area contributed by atoms with Crippen molar-refractivity contribution in [1.29, 1.82) is 0 Å². The summed E-state index contributed by atoms with van der Waals surface area (Å²) in [4.78, 5) is 30.8. The zero-order valence-electron chi connectivity index (χ0n) is 19.9. The van der Waals surface area contributed by atoms with Crippen molar-refractivity contribution in [2.45, 2.75) is 12.5 Å². The number of furan rings is 1. The topological polar surface area (TPSA) is 92.5 Å². The summed E-state index contributed by atoms with van der Waals surface area (Å²) in [6.45, 7) is 4.24. The smallest absolute Gasteiger partial charge is 0.290 e. The Morgan fingerprint density at radius 1 is 1.14 bits per heavy atom. The van der Waals surface area contributed by atoms with Crippen LogP contribution in [-0.4, -0.2) is 73.1 Å². The molecule has 188 valence electrons. The fourth-order valence-electron chi connectivity index (χ4n) is 4.84. The third-order valence-corrected chi connectivity index (χ3v) is 6.91. The van der Waals surface area contributed by atoms with Crippen LogP contribution in [0.25, 0.3) is 11.0 Å². The summed E-state index contributed by atoms with van der Waals surface area (Å²) >= 11 is 6.10. The van der Waals surface area contributed by atoms with Gasteiger partial charge < -0.3 is 23.9 Å². The number of halogens is 1. The molecule has 3 aromatic rings. The number of carbonyl (C=O) groups excluding carboxylic acids is 2. The molecule has 9 heteroatoms. The highest BCUT2D eigenvalue weighted by Gasteiger charge is 2.44. The molecule has 0 aliphatic carbocycles. The molecule has 1 N–H and O–H groups in total. The number of carbonyl (C=O) groups is 2. The number of rotatable bonds is 8. The molecule has 2 aliphatic heterocycles. The van der Waals surface area contributed by atoms with E-state index in [4.69, 9.17) is 25.5 Å². The standard InChI is InChI=1S/C27H27ClN2O6/c1-34-20-5-2-4-18-16-21(36-26(18)20)24(31)22-23(17-6-8-19(28)9-7-17)30(27(33)25(22)32)11-3-10-29-12-14-35-15-13-29/h2,4-9,16,23,32H,3,10-15H2,1H3/t23-/m0/s1. The van der Waals surface area contributed by atoms with Gasteiger partial charge in [-0.05, 0) is 36.2 Å². The van der Waals surface area contributed by atoms with Crippen LogP contribution in [0.15, 0.2) is 64.3 Å². The minimum Gasteiger partial charge on any atom is -0.503 e. The van der Waals surface area contributed by atoms with Crippen molar-refractivity contribution < 1.29 is 28.6 Å². The lowest BCUT2D eigenvalue weighted by molar-refractivity contribution is -0.129. The summed E-state index contributed by atoms with van der Waals surface area (Å²) in [7, 11) is 1.52. The van der Waals surface area contributed by atoms with E-state index >= 15 is 0 Å². The zero-order chi connectivity index (χ0) is 25.2. The average Bonchev–Trinajstić information content (AvgIpc) is 3.44. The first-order valence-corrected chi connectivity index (χ1v) is 12.3. The number of fused-ring (bicyclic) bond motifs is 1. The molecule has 36 heavy (non-hydrogen) atoms. The molecule has 1 atom stereocenters. The monoisotopic (exact) mass is 510 g/mol. The van der Waals surface area contributed by atoms with Crippen LogP contribution in [0.4, 0.5) is 0 Å². The van der Waals surface area contributed by atoms with Crippen molar-refractivity contribution in [2.75, 3.05) is 46.5 Å². The van der Waals surface area contributed by atoms with Gasteiger partial charge in [0.15, 0.2) is 22.9 Å². The van der Waals surface area contributed by atoms with Gasteiger partial charge in [-0.15, -0.1) is 0 Å². The highest BCUT2D eigenvalue weighted by molar-refractivity contribution is 6.30. The number of benzene rings is 2. The molecule has 3 heterocycles. The third-order valence-electron chi connectivity index (χ3n) is 6.66. The second kappa shape index (κ2) is 10.3. The van der Waals surface area contributed by atoms with Gasteiger partial charge in [-0.25, -0.2) is 0 Å². The number of amides is 1. The maximum Gasteiger partial charge on any atom is 0.290 e. The average molecular weight is 511 g/mol. The summed E-state index contributed by atoms with van der Waals surface area (Å²) in [6, 6.07) is 13.1. The summed E-state index contributed by atoms with van der Waals surface area (Å²) in [6.07, 6.45) is 0.687. The Hall–Kier alpha value is -3.33. The van der Waals surface area contributed by atoms with Gasteiger partial charge in [-0.1, -0.05) is 35.9 Å². The van der Waals surface area contributed by atoms with Crippen LogP contribution >= 0.6 is 11.6 Å². The fourth-order valence-corrected chi connectivity index (χ4v) is 4.96. The normalized spacial score (nSPS) is 18.9. The molecule has 1 amide bonds. The van der Waals surface area contributed by atoms with E-state index in [0.717, 1.165) is 19.6 Å². The van der Waals surface area contributed by atoms with E-state index in [0.29, 0.717) is 53.5 Å². The van der Waals surface area contributed by atoms with Gasteiger partial charge in [-0.3, -0.25) is 14.5 Å². The molecule has 1 fully saturated rings. The van der Waals surface area contributed by atoms with Gasteiger partial charge in [0.05, 0.1) is 31.9 Å². The number of aliphatic hydroxyl groups excluding tert-OH is 1. The Morgan fingerprint density at radius 2 is 1.89 bits per heavy atom. The van der Waals surface area contributed by atoms with Crippen molar-refractivity contribution in [3.05, 3.63) is 76.2 Å². The van der Waals surface area contributed by atoms with Crippen LogP contribution in [0, 0.1) is 0 Å². The van der Waals surface area contributed by atoms with Crippen LogP contribution in [0.3, 0.4) is 0 Å². The zero-order valence-corrected chi connectivity index (χ0v) is 20.7. The van der Waals surface area contributed by atoms with Gasteiger partial charge >= 0.3 is 0 Å².